The number of rotatable bonds is 4. The van der Waals surface area contributed by atoms with Crippen LogP contribution in [-0.2, 0) is 4.74 Å². The van der Waals surface area contributed by atoms with E-state index in [1.165, 1.54) is 25.7 Å². The van der Waals surface area contributed by atoms with E-state index in [9.17, 15) is 0 Å². The normalized spacial score (nSPS) is 18.8. The summed E-state index contributed by atoms with van der Waals surface area (Å²) in [5.74, 6) is 1.05. The van der Waals surface area contributed by atoms with Gasteiger partial charge in [-0.25, -0.2) is 0 Å². The van der Waals surface area contributed by atoms with Crippen molar-refractivity contribution in [3.8, 4) is 0 Å². The van der Waals surface area contributed by atoms with Crippen molar-refractivity contribution in [2.75, 3.05) is 7.11 Å². The first-order valence-electron chi connectivity index (χ1n) is 3.61. The van der Waals surface area contributed by atoms with Crippen molar-refractivity contribution in [3.63, 3.8) is 0 Å². The topological polar surface area (TPSA) is 9.23 Å². The molecule has 9 heavy (non-hydrogen) atoms. The fourth-order valence-electron chi connectivity index (χ4n) is 0.903. The zero-order valence-electron chi connectivity index (χ0n) is 5.97. The third-order valence-corrected chi connectivity index (χ3v) is 1.67. The highest BCUT2D eigenvalue weighted by Crippen LogP contribution is 2.33. The van der Waals surface area contributed by atoms with Crippen LogP contribution >= 0.6 is 0 Å². The molecule has 0 unspecified atom stereocenters. The van der Waals surface area contributed by atoms with Gasteiger partial charge >= 0.3 is 0 Å². The molecule has 0 aromatic rings. The van der Waals surface area contributed by atoms with Crippen molar-refractivity contribution < 1.29 is 4.74 Å². The Kier molecular flexibility index (Phi) is 2.62. The summed E-state index contributed by atoms with van der Waals surface area (Å²) in [6.07, 6.45) is 9.33. The van der Waals surface area contributed by atoms with E-state index < -0.39 is 0 Å². The van der Waals surface area contributed by atoms with Crippen molar-refractivity contribution in [1.29, 1.82) is 0 Å². The molecule has 0 N–H and O–H groups in total. The van der Waals surface area contributed by atoms with Gasteiger partial charge in [0.2, 0.25) is 0 Å². The molecule has 1 heteroatoms. The molecule has 0 bridgehead atoms. The Labute approximate surface area is 56.7 Å². The van der Waals surface area contributed by atoms with E-state index in [2.05, 4.69) is 6.08 Å². The van der Waals surface area contributed by atoms with E-state index in [0.29, 0.717) is 0 Å². The van der Waals surface area contributed by atoms with Crippen LogP contribution in [0, 0.1) is 5.92 Å². The standard InChI is InChI=1S/C8H14O/c1-9-7-3-2-4-8-5-6-8/h3,7-8H,2,4-6H2,1H3. The van der Waals surface area contributed by atoms with Gasteiger partial charge in [-0.15, -0.1) is 0 Å². The molecule has 1 rings (SSSR count). The Bertz CT molecular complexity index is 92.7. The van der Waals surface area contributed by atoms with Gasteiger partial charge in [0.15, 0.2) is 0 Å². The van der Waals surface area contributed by atoms with Gasteiger partial charge in [-0.3, -0.25) is 0 Å². The summed E-state index contributed by atoms with van der Waals surface area (Å²) in [5, 5.41) is 0. The largest absolute Gasteiger partial charge is 0.505 e. The first-order chi connectivity index (χ1) is 4.43. The zero-order valence-corrected chi connectivity index (χ0v) is 5.97. The smallest absolute Gasteiger partial charge is 0.0784 e. The Morgan fingerprint density at radius 1 is 1.56 bits per heavy atom. The Hall–Kier alpha value is -0.460. The third kappa shape index (κ3) is 3.17. The maximum Gasteiger partial charge on any atom is 0.0784 e. The Balaban J connectivity index is 1.85. The number of hydrogen-bond acceptors (Lipinski definition) is 1. The van der Waals surface area contributed by atoms with Crippen LogP contribution in [0.3, 0.4) is 0 Å². The number of methoxy groups -OCH3 is 1. The lowest BCUT2D eigenvalue weighted by Crippen LogP contribution is -1.73. The van der Waals surface area contributed by atoms with E-state index in [1.54, 1.807) is 13.4 Å². The van der Waals surface area contributed by atoms with Crippen LogP contribution in [0.1, 0.15) is 25.7 Å². The third-order valence-electron chi connectivity index (χ3n) is 1.67. The monoisotopic (exact) mass is 126 g/mol. The minimum absolute atomic E-state index is 1.05. The van der Waals surface area contributed by atoms with E-state index >= 15 is 0 Å². The van der Waals surface area contributed by atoms with E-state index in [-0.39, 0.29) is 0 Å². The van der Waals surface area contributed by atoms with Crippen LogP contribution in [-0.4, -0.2) is 7.11 Å². The van der Waals surface area contributed by atoms with Crippen molar-refractivity contribution >= 4 is 0 Å². The molecule has 0 saturated heterocycles. The van der Waals surface area contributed by atoms with Gasteiger partial charge in [-0.05, 0) is 24.8 Å². The van der Waals surface area contributed by atoms with E-state index in [4.69, 9.17) is 4.74 Å². The number of allylic oxidation sites excluding steroid dienone is 1. The highest BCUT2D eigenvalue weighted by molar-refractivity contribution is 4.79. The lowest BCUT2D eigenvalue weighted by atomic mass is 10.2. The molecule has 0 radical (unpaired) electrons. The SMILES string of the molecule is COC=CCCC1CC1. The second kappa shape index (κ2) is 3.54. The van der Waals surface area contributed by atoms with Gasteiger partial charge in [0, 0.05) is 0 Å². The minimum Gasteiger partial charge on any atom is -0.505 e. The molecule has 0 atom stereocenters. The molecule has 0 spiro atoms. The molecular formula is C8H14O. The summed E-state index contributed by atoms with van der Waals surface area (Å²) >= 11 is 0. The molecule has 1 aliphatic carbocycles. The molecule has 1 aliphatic rings. The van der Waals surface area contributed by atoms with Crippen molar-refractivity contribution in [1.82, 2.24) is 0 Å². The summed E-state index contributed by atoms with van der Waals surface area (Å²) < 4.78 is 4.76. The second-order valence-electron chi connectivity index (χ2n) is 2.63. The van der Waals surface area contributed by atoms with E-state index in [1.807, 2.05) is 0 Å². The van der Waals surface area contributed by atoms with Crippen molar-refractivity contribution in [2.45, 2.75) is 25.7 Å². The van der Waals surface area contributed by atoms with Crippen LogP contribution < -0.4 is 0 Å². The molecule has 0 aliphatic heterocycles. The van der Waals surface area contributed by atoms with Gasteiger partial charge in [0.05, 0.1) is 13.4 Å². The summed E-state index contributed by atoms with van der Waals surface area (Å²) in [6, 6.07) is 0. The van der Waals surface area contributed by atoms with Gasteiger partial charge in [-0.2, -0.15) is 0 Å². The Morgan fingerprint density at radius 3 is 2.89 bits per heavy atom. The summed E-state index contributed by atoms with van der Waals surface area (Å²) in [7, 11) is 1.69. The second-order valence-corrected chi connectivity index (χ2v) is 2.63. The maximum atomic E-state index is 4.76. The average molecular weight is 126 g/mol. The number of ether oxygens (including phenoxy) is 1. The zero-order chi connectivity index (χ0) is 6.53. The van der Waals surface area contributed by atoms with Gasteiger partial charge in [0.1, 0.15) is 0 Å². The maximum absolute atomic E-state index is 4.76. The first-order valence-corrected chi connectivity index (χ1v) is 3.61. The van der Waals surface area contributed by atoms with Crippen LogP contribution in [0.2, 0.25) is 0 Å². The van der Waals surface area contributed by atoms with Crippen LogP contribution in [0.4, 0.5) is 0 Å². The van der Waals surface area contributed by atoms with Gasteiger partial charge in [-0.1, -0.05) is 12.8 Å². The summed E-state index contributed by atoms with van der Waals surface area (Å²) in [6.45, 7) is 0. The summed E-state index contributed by atoms with van der Waals surface area (Å²) in [5.41, 5.74) is 0. The fourth-order valence-corrected chi connectivity index (χ4v) is 0.903. The molecule has 0 aromatic carbocycles. The molecule has 1 fully saturated rings. The van der Waals surface area contributed by atoms with Crippen LogP contribution in [0.5, 0.6) is 0 Å². The predicted molar refractivity (Wildman–Crippen MR) is 38.1 cm³/mol. The Morgan fingerprint density at radius 2 is 2.33 bits per heavy atom. The molecule has 0 amide bonds. The van der Waals surface area contributed by atoms with Crippen molar-refractivity contribution in [3.05, 3.63) is 12.3 Å². The van der Waals surface area contributed by atoms with Crippen LogP contribution in [0.25, 0.3) is 0 Å². The van der Waals surface area contributed by atoms with Gasteiger partial charge in [0.25, 0.3) is 0 Å². The van der Waals surface area contributed by atoms with Gasteiger partial charge < -0.3 is 4.74 Å². The first kappa shape index (κ1) is 6.66. The van der Waals surface area contributed by atoms with E-state index in [0.717, 1.165) is 5.92 Å². The molecular weight excluding hydrogens is 112 g/mol. The quantitative estimate of drug-likeness (QED) is 0.525. The molecule has 1 saturated carbocycles. The highest BCUT2D eigenvalue weighted by atomic mass is 16.5. The molecule has 0 aromatic heterocycles. The van der Waals surface area contributed by atoms with Crippen molar-refractivity contribution in [2.24, 2.45) is 5.92 Å². The predicted octanol–water partition coefficient (Wildman–Crippen LogP) is 2.34. The minimum atomic E-state index is 1.05. The number of hydrogen-bond donors (Lipinski definition) is 0. The molecule has 52 valence electrons. The average Bonchev–Trinajstić information content (AvgIpc) is 2.63. The fraction of sp³-hybridized carbons (Fsp3) is 0.750. The van der Waals surface area contributed by atoms with Crippen LogP contribution in [0.15, 0.2) is 12.3 Å². The summed E-state index contributed by atoms with van der Waals surface area (Å²) in [4.78, 5) is 0. The highest BCUT2D eigenvalue weighted by Gasteiger charge is 2.19. The lowest BCUT2D eigenvalue weighted by Gasteiger charge is -1.89. The molecule has 1 nitrogen and oxygen atoms in total. The molecule has 0 heterocycles. The lowest BCUT2D eigenvalue weighted by molar-refractivity contribution is 0.336.